The maximum absolute atomic E-state index is 11.8. The van der Waals surface area contributed by atoms with E-state index in [4.69, 9.17) is 16.3 Å². The van der Waals surface area contributed by atoms with E-state index < -0.39 is 23.4 Å². The van der Waals surface area contributed by atoms with Crippen molar-refractivity contribution < 1.29 is 19.2 Å². The standard InChI is InChI=1S/C18H15ClN2O5/c1-12-2-4-13(5-3-12)6-9-18(23)26-11-17(22)20-16-10-14(21(24)25)7-8-15(16)19/h2-10H,11H2,1H3,(H,20,22)/b9-6+. The lowest BCUT2D eigenvalue weighted by atomic mass is 10.1. The summed E-state index contributed by atoms with van der Waals surface area (Å²) in [7, 11) is 0. The van der Waals surface area contributed by atoms with Crippen molar-refractivity contribution in [2.45, 2.75) is 6.92 Å². The molecular formula is C18H15ClN2O5. The molecule has 0 aliphatic heterocycles. The summed E-state index contributed by atoms with van der Waals surface area (Å²) in [6, 6.07) is 11.1. The molecule has 1 N–H and O–H groups in total. The van der Waals surface area contributed by atoms with Gasteiger partial charge in [-0.2, -0.15) is 0 Å². The van der Waals surface area contributed by atoms with Gasteiger partial charge in [-0.05, 0) is 24.6 Å². The van der Waals surface area contributed by atoms with E-state index >= 15 is 0 Å². The van der Waals surface area contributed by atoms with Crippen molar-refractivity contribution in [2.75, 3.05) is 11.9 Å². The first kappa shape index (κ1) is 19.1. The summed E-state index contributed by atoms with van der Waals surface area (Å²) in [5.74, 6) is -1.35. The molecule has 0 heterocycles. The fourth-order valence-electron chi connectivity index (χ4n) is 1.94. The lowest BCUT2D eigenvalue weighted by molar-refractivity contribution is -0.384. The van der Waals surface area contributed by atoms with Gasteiger partial charge in [0.15, 0.2) is 6.61 Å². The molecule has 2 rings (SSSR count). The summed E-state index contributed by atoms with van der Waals surface area (Å²) in [6.45, 7) is 1.41. The van der Waals surface area contributed by atoms with Gasteiger partial charge in [0, 0.05) is 18.2 Å². The molecule has 2 aromatic rings. The van der Waals surface area contributed by atoms with Crippen LogP contribution < -0.4 is 5.32 Å². The number of carbonyl (C=O) groups is 2. The molecule has 0 saturated carbocycles. The third kappa shape index (κ3) is 5.71. The molecule has 2 aromatic carbocycles. The number of halogens is 1. The largest absolute Gasteiger partial charge is 0.452 e. The van der Waals surface area contributed by atoms with E-state index in [0.29, 0.717) is 0 Å². The number of nitrogens with zero attached hydrogens (tertiary/aromatic N) is 1. The predicted molar refractivity (Wildman–Crippen MR) is 97.9 cm³/mol. The van der Waals surface area contributed by atoms with Crippen LogP contribution in [0.15, 0.2) is 48.5 Å². The van der Waals surface area contributed by atoms with Crippen molar-refractivity contribution >= 4 is 40.9 Å². The number of carbonyl (C=O) groups excluding carboxylic acids is 2. The second-order valence-electron chi connectivity index (χ2n) is 5.32. The highest BCUT2D eigenvalue weighted by Gasteiger charge is 2.13. The van der Waals surface area contributed by atoms with Crippen molar-refractivity contribution in [1.82, 2.24) is 0 Å². The topological polar surface area (TPSA) is 98.5 Å². The summed E-state index contributed by atoms with van der Waals surface area (Å²) in [5, 5.41) is 13.2. The Morgan fingerprint density at radius 2 is 1.92 bits per heavy atom. The molecule has 7 nitrogen and oxygen atoms in total. The first-order valence-electron chi connectivity index (χ1n) is 7.50. The Labute approximate surface area is 154 Å². The Balaban J connectivity index is 1.88. The van der Waals surface area contributed by atoms with Crippen LogP contribution in [0.4, 0.5) is 11.4 Å². The van der Waals surface area contributed by atoms with Crippen LogP contribution in [-0.4, -0.2) is 23.4 Å². The Morgan fingerprint density at radius 1 is 1.23 bits per heavy atom. The number of amides is 1. The van der Waals surface area contributed by atoms with Gasteiger partial charge in [0.2, 0.25) is 0 Å². The number of esters is 1. The van der Waals surface area contributed by atoms with Crippen LogP contribution in [0.1, 0.15) is 11.1 Å². The number of ether oxygens (including phenoxy) is 1. The van der Waals surface area contributed by atoms with E-state index in [2.05, 4.69) is 5.32 Å². The first-order chi connectivity index (χ1) is 12.3. The van der Waals surface area contributed by atoms with E-state index in [1.54, 1.807) is 6.08 Å². The van der Waals surface area contributed by atoms with Gasteiger partial charge in [-0.25, -0.2) is 4.79 Å². The first-order valence-corrected chi connectivity index (χ1v) is 7.88. The number of nitro benzene ring substituents is 1. The number of anilines is 1. The molecule has 0 saturated heterocycles. The number of benzene rings is 2. The van der Waals surface area contributed by atoms with Gasteiger partial charge in [-0.1, -0.05) is 41.4 Å². The molecule has 0 aliphatic rings. The van der Waals surface area contributed by atoms with Gasteiger partial charge in [0.25, 0.3) is 11.6 Å². The van der Waals surface area contributed by atoms with Crippen LogP contribution in [-0.2, 0) is 14.3 Å². The summed E-state index contributed by atoms with van der Waals surface area (Å²) < 4.78 is 4.82. The molecule has 0 atom stereocenters. The zero-order chi connectivity index (χ0) is 19.1. The monoisotopic (exact) mass is 374 g/mol. The molecule has 0 aromatic heterocycles. The number of hydrogen-bond acceptors (Lipinski definition) is 5. The highest BCUT2D eigenvalue weighted by molar-refractivity contribution is 6.33. The molecule has 0 unspecified atom stereocenters. The van der Waals surface area contributed by atoms with Gasteiger partial charge in [0.1, 0.15) is 0 Å². The average Bonchev–Trinajstić information content (AvgIpc) is 2.61. The molecule has 1 amide bonds. The van der Waals surface area contributed by atoms with E-state index in [9.17, 15) is 19.7 Å². The lowest BCUT2D eigenvalue weighted by Crippen LogP contribution is -2.20. The van der Waals surface area contributed by atoms with Crippen molar-refractivity contribution in [3.8, 4) is 0 Å². The number of hydrogen-bond donors (Lipinski definition) is 1. The summed E-state index contributed by atoms with van der Waals surface area (Å²) in [4.78, 5) is 33.6. The van der Waals surface area contributed by atoms with Crippen LogP contribution in [0.2, 0.25) is 5.02 Å². The fraction of sp³-hybridized carbons (Fsp3) is 0.111. The minimum Gasteiger partial charge on any atom is -0.452 e. The Morgan fingerprint density at radius 3 is 2.58 bits per heavy atom. The molecule has 0 spiro atoms. The predicted octanol–water partition coefficient (Wildman–Crippen LogP) is 3.75. The zero-order valence-electron chi connectivity index (χ0n) is 13.8. The van der Waals surface area contributed by atoms with Gasteiger partial charge in [-0.15, -0.1) is 0 Å². The Bertz CT molecular complexity index is 862. The normalized spacial score (nSPS) is 10.5. The van der Waals surface area contributed by atoms with Gasteiger partial charge in [0.05, 0.1) is 15.6 Å². The SMILES string of the molecule is Cc1ccc(/C=C/C(=O)OCC(=O)Nc2cc([N+](=O)[O-])ccc2Cl)cc1. The van der Waals surface area contributed by atoms with Crippen molar-refractivity contribution in [3.63, 3.8) is 0 Å². The van der Waals surface area contributed by atoms with E-state index in [-0.39, 0.29) is 16.4 Å². The maximum atomic E-state index is 11.8. The van der Waals surface area contributed by atoms with Crippen molar-refractivity contribution in [1.29, 1.82) is 0 Å². The van der Waals surface area contributed by atoms with Gasteiger partial charge in [-0.3, -0.25) is 14.9 Å². The summed E-state index contributed by atoms with van der Waals surface area (Å²) in [6.07, 6.45) is 2.77. The van der Waals surface area contributed by atoms with Crippen LogP contribution in [0, 0.1) is 17.0 Å². The molecule has 26 heavy (non-hydrogen) atoms. The molecule has 0 bridgehead atoms. The van der Waals surface area contributed by atoms with Crippen LogP contribution in [0.25, 0.3) is 6.08 Å². The number of aryl methyl sites for hydroxylation is 1. The van der Waals surface area contributed by atoms with Crippen LogP contribution >= 0.6 is 11.6 Å². The number of nitro groups is 1. The Hall–Kier alpha value is -3.19. The smallest absolute Gasteiger partial charge is 0.331 e. The average molecular weight is 375 g/mol. The fourth-order valence-corrected chi connectivity index (χ4v) is 2.10. The highest BCUT2D eigenvalue weighted by atomic mass is 35.5. The molecule has 0 radical (unpaired) electrons. The lowest BCUT2D eigenvalue weighted by Gasteiger charge is -2.07. The van der Waals surface area contributed by atoms with Crippen molar-refractivity contribution in [3.05, 3.63) is 74.8 Å². The quantitative estimate of drug-likeness (QED) is 0.359. The van der Waals surface area contributed by atoms with Gasteiger partial charge < -0.3 is 10.1 Å². The summed E-state index contributed by atoms with van der Waals surface area (Å²) >= 11 is 5.88. The number of rotatable bonds is 6. The number of nitrogens with one attached hydrogen (secondary N) is 1. The minimum absolute atomic E-state index is 0.0668. The minimum atomic E-state index is -0.689. The molecule has 0 fully saturated rings. The Kier molecular flexibility index (Phi) is 6.46. The third-order valence-electron chi connectivity index (χ3n) is 3.27. The summed E-state index contributed by atoms with van der Waals surface area (Å²) in [5.41, 5.74) is 1.77. The molecule has 134 valence electrons. The molecule has 8 heteroatoms. The number of non-ortho nitro benzene ring substituents is 1. The third-order valence-corrected chi connectivity index (χ3v) is 3.60. The molecule has 0 aliphatic carbocycles. The van der Waals surface area contributed by atoms with Crippen LogP contribution in [0.5, 0.6) is 0 Å². The van der Waals surface area contributed by atoms with E-state index in [1.165, 1.54) is 18.2 Å². The van der Waals surface area contributed by atoms with E-state index in [0.717, 1.165) is 17.2 Å². The molecular weight excluding hydrogens is 360 g/mol. The van der Waals surface area contributed by atoms with Gasteiger partial charge >= 0.3 is 5.97 Å². The zero-order valence-corrected chi connectivity index (χ0v) is 14.5. The maximum Gasteiger partial charge on any atom is 0.331 e. The van der Waals surface area contributed by atoms with E-state index in [1.807, 2.05) is 31.2 Å². The second kappa shape index (κ2) is 8.77. The second-order valence-corrected chi connectivity index (χ2v) is 5.73. The van der Waals surface area contributed by atoms with Crippen LogP contribution in [0.3, 0.4) is 0 Å². The van der Waals surface area contributed by atoms with Crippen molar-refractivity contribution in [2.24, 2.45) is 0 Å². The highest BCUT2D eigenvalue weighted by Crippen LogP contribution is 2.26.